The Morgan fingerprint density at radius 3 is 2.53 bits per heavy atom. The van der Waals surface area contributed by atoms with Crippen molar-refractivity contribution >= 4 is 28.9 Å². The van der Waals surface area contributed by atoms with E-state index in [9.17, 15) is 0 Å². The van der Waals surface area contributed by atoms with E-state index in [2.05, 4.69) is 61.9 Å². The maximum absolute atomic E-state index is 4.13. The highest BCUT2D eigenvalue weighted by Gasteiger charge is 2.06. The Kier molecular flexibility index (Phi) is 4.94. The lowest BCUT2D eigenvalue weighted by Gasteiger charge is -1.88. The number of hydrogen-bond donors (Lipinski definition) is 0. The van der Waals surface area contributed by atoms with Crippen LogP contribution >= 0.6 is 0 Å². The van der Waals surface area contributed by atoms with Crippen molar-refractivity contribution in [1.29, 1.82) is 0 Å². The second-order valence-corrected chi connectivity index (χ2v) is 4.40. The van der Waals surface area contributed by atoms with E-state index in [1.54, 1.807) is 6.08 Å². The van der Waals surface area contributed by atoms with E-state index in [-0.39, 0.29) is 7.43 Å². The summed E-state index contributed by atoms with van der Waals surface area (Å²) in [6.45, 7) is 12.1. The molecular formula is C18H23N. The first-order valence-electron chi connectivity index (χ1n) is 6.37. The molecule has 19 heavy (non-hydrogen) atoms. The number of benzene rings is 1. The van der Waals surface area contributed by atoms with Crippen LogP contribution in [0.15, 0.2) is 43.1 Å². The van der Waals surface area contributed by atoms with Crippen LogP contribution < -0.4 is 10.6 Å². The molecule has 3 rings (SSSR count). The first kappa shape index (κ1) is 15.0. The first-order valence-corrected chi connectivity index (χ1v) is 6.37. The number of aromatic nitrogens is 1. The van der Waals surface area contributed by atoms with Gasteiger partial charge in [-0.2, -0.15) is 0 Å². The topological polar surface area (TPSA) is 4.41 Å². The molecule has 0 unspecified atom stereocenters. The predicted molar refractivity (Wildman–Crippen MR) is 88.2 cm³/mol. The van der Waals surface area contributed by atoms with Crippen LogP contribution in [0, 0.1) is 0 Å². The molecule has 0 amide bonds. The van der Waals surface area contributed by atoms with E-state index in [1.165, 1.54) is 22.7 Å². The smallest absolute Gasteiger partial charge is 0.0607 e. The van der Waals surface area contributed by atoms with Gasteiger partial charge in [-0.3, -0.25) is 0 Å². The minimum Gasteiger partial charge on any atom is -0.315 e. The van der Waals surface area contributed by atoms with E-state index in [1.807, 2.05) is 6.08 Å². The largest absolute Gasteiger partial charge is 0.315 e. The fourth-order valence-electron chi connectivity index (χ4n) is 2.21. The summed E-state index contributed by atoms with van der Waals surface area (Å²) < 4.78 is 2.18. The molecule has 2 heterocycles. The van der Waals surface area contributed by atoms with Crippen LogP contribution in [0.25, 0.3) is 28.9 Å². The molecule has 0 atom stereocenters. The highest BCUT2D eigenvalue weighted by atomic mass is 14.9. The molecule has 3 aromatic rings. The summed E-state index contributed by atoms with van der Waals surface area (Å²) >= 11 is 0. The Bertz CT molecular complexity index is 762. The van der Waals surface area contributed by atoms with Gasteiger partial charge in [0.05, 0.1) is 10.9 Å². The van der Waals surface area contributed by atoms with Crippen molar-refractivity contribution in [2.45, 2.75) is 27.7 Å². The van der Waals surface area contributed by atoms with Gasteiger partial charge in [0, 0.05) is 22.2 Å². The molecule has 1 heteroatoms. The van der Waals surface area contributed by atoms with E-state index >= 15 is 0 Å². The van der Waals surface area contributed by atoms with Crippen LogP contribution in [0.5, 0.6) is 0 Å². The monoisotopic (exact) mass is 253 g/mol. The summed E-state index contributed by atoms with van der Waals surface area (Å²) in [5.41, 5.74) is 1.26. The molecule has 0 radical (unpaired) electrons. The highest BCUT2D eigenvalue weighted by Crippen LogP contribution is 2.17. The zero-order chi connectivity index (χ0) is 13.1. The Morgan fingerprint density at radius 2 is 1.89 bits per heavy atom. The van der Waals surface area contributed by atoms with Crippen LogP contribution in [0.2, 0.25) is 0 Å². The van der Waals surface area contributed by atoms with E-state index in [0.717, 1.165) is 10.6 Å². The van der Waals surface area contributed by atoms with Crippen molar-refractivity contribution in [3.8, 4) is 0 Å². The minimum atomic E-state index is 0. The summed E-state index contributed by atoms with van der Waals surface area (Å²) in [7, 11) is 0. The van der Waals surface area contributed by atoms with Crippen LogP contribution in [-0.2, 0) is 0 Å². The summed E-state index contributed by atoms with van der Waals surface area (Å²) in [6.07, 6.45) is 7.14. The lowest BCUT2D eigenvalue weighted by molar-refractivity contribution is 1.09. The quantitative estimate of drug-likeness (QED) is 0.618. The molecule has 0 fully saturated rings. The Labute approximate surface area is 115 Å². The van der Waals surface area contributed by atoms with Gasteiger partial charge in [0.2, 0.25) is 0 Å². The molecule has 0 aliphatic rings. The molecule has 0 saturated carbocycles. The molecule has 0 bridgehead atoms. The zero-order valence-electron chi connectivity index (χ0n) is 11.1. The van der Waals surface area contributed by atoms with Crippen molar-refractivity contribution in [3.05, 3.63) is 53.7 Å². The van der Waals surface area contributed by atoms with Gasteiger partial charge in [-0.25, -0.2) is 0 Å². The van der Waals surface area contributed by atoms with Crippen LogP contribution in [-0.4, -0.2) is 4.40 Å². The summed E-state index contributed by atoms with van der Waals surface area (Å²) in [5.74, 6) is 0. The van der Waals surface area contributed by atoms with E-state index in [4.69, 9.17) is 0 Å². The van der Waals surface area contributed by atoms with Crippen LogP contribution in [0.4, 0.5) is 0 Å². The van der Waals surface area contributed by atoms with Gasteiger partial charge >= 0.3 is 0 Å². The highest BCUT2D eigenvalue weighted by molar-refractivity contribution is 5.97. The molecule has 0 aliphatic carbocycles. The second-order valence-electron chi connectivity index (χ2n) is 4.40. The van der Waals surface area contributed by atoms with Gasteiger partial charge in [-0.05, 0) is 12.1 Å². The standard InChI is InChI=1S/C14H11N.C3H8.CH4/c1-3-5-13-10(2)12-7-4-6-11-8-9-15(13)14(11)12;1-3-2;/h3-9H,1-2H2;3H2,1-2H3;1H4/b13-5+;;. The third-order valence-corrected chi connectivity index (χ3v) is 2.88. The summed E-state index contributed by atoms with van der Waals surface area (Å²) in [5, 5.41) is 4.70. The van der Waals surface area contributed by atoms with Gasteiger partial charge in [0.1, 0.15) is 0 Å². The van der Waals surface area contributed by atoms with E-state index in [0.29, 0.717) is 0 Å². The van der Waals surface area contributed by atoms with Crippen molar-refractivity contribution in [2.75, 3.05) is 0 Å². The second kappa shape index (κ2) is 6.24. The van der Waals surface area contributed by atoms with E-state index < -0.39 is 0 Å². The van der Waals surface area contributed by atoms with Gasteiger partial charge in [0.25, 0.3) is 0 Å². The normalized spacial score (nSPS) is 11.2. The average Bonchev–Trinajstić information content (AvgIpc) is 2.90. The van der Waals surface area contributed by atoms with Gasteiger partial charge < -0.3 is 4.40 Å². The Balaban J connectivity index is 0.000000416. The molecular weight excluding hydrogens is 230 g/mol. The predicted octanol–water partition coefficient (Wildman–Crippen LogP) is 3.96. The van der Waals surface area contributed by atoms with Gasteiger partial charge in [-0.1, -0.05) is 65.1 Å². The molecule has 0 saturated heterocycles. The molecule has 0 N–H and O–H groups in total. The molecule has 0 aliphatic heterocycles. The number of hydrogen-bond acceptors (Lipinski definition) is 0. The number of rotatable bonds is 1. The maximum Gasteiger partial charge on any atom is 0.0607 e. The Hall–Kier alpha value is -2.02. The zero-order valence-corrected chi connectivity index (χ0v) is 11.1. The fraction of sp³-hybridized carbons (Fsp3) is 0.222. The molecule has 2 aromatic heterocycles. The van der Waals surface area contributed by atoms with Gasteiger partial charge in [-0.15, -0.1) is 0 Å². The lowest BCUT2D eigenvalue weighted by atomic mass is 10.2. The molecule has 1 aromatic carbocycles. The first-order chi connectivity index (χ1) is 8.74. The SMILES string of the molecule is C.C=C/C=c1\c(=C)c2cccc3ccn1c32.CCC. The summed E-state index contributed by atoms with van der Waals surface area (Å²) in [4.78, 5) is 0. The minimum absolute atomic E-state index is 0. The number of nitrogens with zero attached hydrogens (tertiary/aromatic N) is 1. The van der Waals surface area contributed by atoms with Crippen molar-refractivity contribution in [1.82, 2.24) is 4.40 Å². The van der Waals surface area contributed by atoms with Crippen LogP contribution in [0.3, 0.4) is 0 Å². The third kappa shape index (κ3) is 2.41. The van der Waals surface area contributed by atoms with Crippen LogP contribution in [0.1, 0.15) is 27.7 Å². The molecule has 1 nitrogen and oxygen atoms in total. The van der Waals surface area contributed by atoms with Crippen molar-refractivity contribution in [2.24, 2.45) is 0 Å². The number of para-hydroxylation sites is 1. The van der Waals surface area contributed by atoms with Crippen molar-refractivity contribution in [3.63, 3.8) is 0 Å². The third-order valence-electron chi connectivity index (χ3n) is 2.88. The Morgan fingerprint density at radius 1 is 1.21 bits per heavy atom. The molecule has 100 valence electrons. The fourth-order valence-corrected chi connectivity index (χ4v) is 2.21. The maximum atomic E-state index is 4.13. The van der Waals surface area contributed by atoms with Crippen molar-refractivity contribution < 1.29 is 0 Å². The van der Waals surface area contributed by atoms with Gasteiger partial charge in [0.15, 0.2) is 0 Å². The average molecular weight is 253 g/mol. The summed E-state index contributed by atoms with van der Waals surface area (Å²) in [6, 6.07) is 8.44. The lowest BCUT2D eigenvalue weighted by Crippen LogP contribution is -2.23. The number of allylic oxidation sites excluding steroid dienone is 1. The molecule has 0 spiro atoms.